The highest BCUT2D eigenvalue weighted by Gasteiger charge is 2.04. The smallest absolute Gasteiger partial charge is 0.257 e. The first-order valence-electron chi connectivity index (χ1n) is 6.34. The zero-order chi connectivity index (χ0) is 14.1. The van der Waals surface area contributed by atoms with Crippen molar-refractivity contribution in [2.45, 2.75) is 13.8 Å². The highest BCUT2D eigenvalue weighted by molar-refractivity contribution is 5.94. The summed E-state index contributed by atoms with van der Waals surface area (Å²) >= 11 is 0. The van der Waals surface area contributed by atoms with E-state index in [1.54, 1.807) is 24.3 Å². The molecule has 0 aliphatic carbocycles. The van der Waals surface area contributed by atoms with Crippen LogP contribution in [0.1, 0.15) is 24.2 Å². The number of likely N-dealkylation sites (N-methyl/N-ethyl adjacent to an activating group) is 1. The first-order valence-corrected chi connectivity index (χ1v) is 6.34. The van der Waals surface area contributed by atoms with Crippen molar-refractivity contribution in [1.82, 2.24) is 10.6 Å². The van der Waals surface area contributed by atoms with Gasteiger partial charge in [0.1, 0.15) is 5.75 Å². The summed E-state index contributed by atoms with van der Waals surface area (Å²) in [7, 11) is 0. The largest absolute Gasteiger partial charge is 0.484 e. The van der Waals surface area contributed by atoms with Gasteiger partial charge >= 0.3 is 0 Å². The average Bonchev–Trinajstić information content (AvgIpc) is 2.41. The Morgan fingerprint density at radius 2 is 2.00 bits per heavy atom. The van der Waals surface area contributed by atoms with E-state index in [-0.39, 0.29) is 30.7 Å². The molecule has 0 aliphatic heterocycles. The molecule has 0 bridgehead atoms. The van der Waals surface area contributed by atoms with Crippen molar-refractivity contribution in [1.29, 1.82) is 0 Å². The van der Waals surface area contributed by atoms with Gasteiger partial charge in [-0.15, -0.1) is 12.4 Å². The van der Waals surface area contributed by atoms with Crippen LogP contribution in [0.5, 0.6) is 5.75 Å². The van der Waals surface area contributed by atoms with Gasteiger partial charge in [-0.05, 0) is 25.6 Å². The topological polar surface area (TPSA) is 67.4 Å². The summed E-state index contributed by atoms with van der Waals surface area (Å²) in [6.45, 7) is 5.64. The van der Waals surface area contributed by atoms with Crippen LogP contribution in [-0.2, 0) is 4.79 Å². The van der Waals surface area contributed by atoms with E-state index < -0.39 is 0 Å². The van der Waals surface area contributed by atoms with Crippen molar-refractivity contribution in [2.75, 3.05) is 26.2 Å². The molecule has 0 unspecified atom stereocenters. The Hall–Kier alpha value is -1.59. The number of hydrogen-bond donors (Lipinski definition) is 2. The fraction of sp³-hybridized carbons (Fsp3) is 0.429. The summed E-state index contributed by atoms with van der Waals surface area (Å²) in [6, 6.07) is 6.80. The molecule has 0 fully saturated rings. The number of halogens is 1. The van der Waals surface area contributed by atoms with Gasteiger partial charge in [-0.3, -0.25) is 9.59 Å². The Morgan fingerprint density at radius 1 is 1.25 bits per heavy atom. The molecule has 0 radical (unpaired) electrons. The minimum absolute atomic E-state index is 0. The normalized spacial score (nSPS) is 9.50. The first-order chi connectivity index (χ1) is 9.13. The fourth-order valence-electron chi connectivity index (χ4n) is 1.47. The molecule has 1 rings (SSSR count). The Labute approximate surface area is 125 Å². The molecule has 0 aliphatic rings. The van der Waals surface area contributed by atoms with Crippen molar-refractivity contribution in [3.05, 3.63) is 29.8 Å². The quantitative estimate of drug-likeness (QED) is 0.563. The summed E-state index contributed by atoms with van der Waals surface area (Å²) in [6.07, 6.45) is 0. The molecular formula is C14H21ClN2O3. The number of benzene rings is 1. The second-order valence-corrected chi connectivity index (χ2v) is 4.08. The predicted octanol–water partition coefficient (Wildman–Crippen LogP) is 1.42. The lowest BCUT2D eigenvalue weighted by Gasteiger charge is -2.08. The van der Waals surface area contributed by atoms with Gasteiger partial charge in [0.25, 0.3) is 5.91 Å². The minimum atomic E-state index is -0.175. The molecule has 1 aromatic carbocycles. The van der Waals surface area contributed by atoms with Crippen LogP contribution in [-0.4, -0.2) is 37.9 Å². The highest BCUT2D eigenvalue weighted by atomic mass is 35.5. The van der Waals surface area contributed by atoms with Crippen LogP contribution >= 0.6 is 12.4 Å². The lowest BCUT2D eigenvalue weighted by molar-refractivity contribution is -0.123. The standard InChI is InChI=1S/C14H20N2O3.ClH/c1-3-15-7-8-16-14(18)10-19-13-6-4-5-12(9-13)11(2)17;/h4-6,9,15H,3,7-8,10H2,1-2H3,(H,16,18);1H. The molecule has 0 aromatic heterocycles. The van der Waals surface area contributed by atoms with Gasteiger partial charge in [0.05, 0.1) is 0 Å². The van der Waals surface area contributed by atoms with Crippen LogP contribution in [0.25, 0.3) is 0 Å². The van der Waals surface area contributed by atoms with E-state index in [9.17, 15) is 9.59 Å². The lowest BCUT2D eigenvalue weighted by atomic mass is 10.1. The molecule has 0 spiro atoms. The first kappa shape index (κ1) is 18.4. The zero-order valence-electron chi connectivity index (χ0n) is 11.8. The number of amides is 1. The second kappa shape index (κ2) is 10.2. The molecule has 1 aromatic rings. The van der Waals surface area contributed by atoms with Crippen molar-refractivity contribution in [3.63, 3.8) is 0 Å². The molecule has 0 saturated heterocycles. The fourth-order valence-corrected chi connectivity index (χ4v) is 1.47. The van der Waals surface area contributed by atoms with Gasteiger partial charge in [-0.1, -0.05) is 19.1 Å². The van der Waals surface area contributed by atoms with Crippen LogP contribution in [0.4, 0.5) is 0 Å². The van der Waals surface area contributed by atoms with Gasteiger partial charge in [0.2, 0.25) is 0 Å². The molecule has 6 heteroatoms. The molecule has 5 nitrogen and oxygen atoms in total. The lowest BCUT2D eigenvalue weighted by Crippen LogP contribution is -2.34. The van der Waals surface area contributed by atoms with Crippen molar-refractivity contribution in [2.24, 2.45) is 0 Å². The van der Waals surface area contributed by atoms with E-state index in [4.69, 9.17) is 4.74 Å². The third kappa shape index (κ3) is 7.11. The molecule has 0 saturated carbocycles. The van der Waals surface area contributed by atoms with Gasteiger partial charge in [-0.25, -0.2) is 0 Å². The molecule has 2 N–H and O–H groups in total. The summed E-state index contributed by atoms with van der Waals surface area (Å²) in [4.78, 5) is 22.7. The molecule has 112 valence electrons. The Kier molecular flexibility index (Phi) is 9.41. The number of carbonyl (C=O) groups is 2. The molecule has 0 heterocycles. The van der Waals surface area contributed by atoms with Crippen LogP contribution in [0.3, 0.4) is 0 Å². The predicted molar refractivity (Wildman–Crippen MR) is 80.7 cm³/mol. The third-order valence-electron chi connectivity index (χ3n) is 2.48. The summed E-state index contributed by atoms with van der Waals surface area (Å²) in [5.41, 5.74) is 0.574. The van der Waals surface area contributed by atoms with Gasteiger partial charge in [0.15, 0.2) is 12.4 Å². The molecule has 0 atom stereocenters. The van der Waals surface area contributed by atoms with Crippen LogP contribution in [0.15, 0.2) is 24.3 Å². The van der Waals surface area contributed by atoms with Gasteiger partial charge < -0.3 is 15.4 Å². The molecule has 20 heavy (non-hydrogen) atoms. The van der Waals surface area contributed by atoms with E-state index in [1.807, 2.05) is 6.92 Å². The van der Waals surface area contributed by atoms with Crippen molar-refractivity contribution in [3.8, 4) is 5.75 Å². The maximum Gasteiger partial charge on any atom is 0.257 e. The van der Waals surface area contributed by atoms with E-state index in [1.165, 1.54) is 6.92 Å². The van der Waals surface area contributed by atoms with Crippen LogP contribution in [0, 0.1) is 0 Å². The third-order valence-corrected chi connectivity index (χ3v) is 2.48. The van der Waals surface area contributed by atoms with Crippen molar-refractivity contribution < 1.29 is 14.3 Å². The summed E-state index contributed by atoms with van der Waals surface area (Å²) in [5, 5.41) is 5.84. The van der Waals surface area contributed by atoms with Crippen molar-refractivity contribution >= 4 is 24.1 Å². The Balaban J connectivity index is 0.00000361. The SMILES string of the molecule is CCNCCNC(=O)COc1cccc(C(C)=O)c1.Cl. The summed E-state index contributed by atoms with van der Waals surface area (Å²) < 4.78 is 5.33. The monoisotopic (exact) mass is 300 g/mol. The summed E-state index contributed by atoms with van der Waals surface area (Å²) in [5.74, 6) is 0.321. The van der Waals surface area contributed by atoms with E-state index in [0.717, 1.165) is 13.1 Å². The van der Waals surface area contributed by atoms with E-state index >= 15 is 0 Å². The number of ketones is 1. The number of nitrogens with one attached hydrogen (secondary N) is 2. The average molecular weight is 301 g/mol. The molecular weight excluding hydrogens is 280 g/mol. The van der Waals surface area contributed by atoms with Gasteiger partial charge in [0, 0.05) is 18.7 Å². The Bertz CT molecular complexity index is 438. The van der Waals surface area contributed by atoms with Crippen LogP contribution < -0.4 is 15.4 Å². The van der Waals surface area contributed by atoms with E-state index in [0.29, 0.717) is 17.9 Å². The number of Topliss-reactive ketones (excluding diaryl/α,β-unsaturated/α-hetero) is 1. The number of ether oxygens (including phenoxy) is 1. The van der Waals surface area contributed by atoms with Crippen LogP contribution in [0.2, 0.25) is 0 Å². The number of rotatable bonds is 8. The zero-order valence-corrected chi connectivity index (χ0v) is 12.6. The second-order valence-electron chi connectivity index (χ2n) is 4.08. The van der Waals surface area contributed by atoms with Gasteiger partial charge in [-0.2, -0.15) is 0 Å². The maximum atomic E-state index is 11.5. The number of carbonyl (C=O) groups excluding carboxylic acids is 2. The van der Waals surface area contributed by atoms with E-state index in [2.05, 4.69) is 10.6 Å². The molecule has 1 amide bonds. The minimum Gasteiger partial charge on any atom is -0.484 e. The Morgan fingerprint density at radius 3 is 2.65 bits per heavy atom. The number of hydrogen-bond acceptors (Lipinski definition) is 4. The maximum absolute atomic E-state index is 11.5. The highest BCUT2D eigenvalue weighted by Crippen LogP contribution is 2.13.